The number of H-pyrrole nitrogens is 1. The lowest BCUT2D eigenvalue weighted by molar-refractivity contribution is -0.117. The van der Waals surface area contributed by atoms with Crippen LogP contribution in [0.15, 0.2) is 0 Å². The zero-order chi connectivity index (χ0) is 9.84. The number of nitrogens with one attached hydrogen (secondary N) is 1. The summed E-state index contributed by atoms with van der Waals surface area (Å²) < 4.78 is 0. The van der Waals surface area contributed by atoms with Crippen molar-refractivity contribution in [3.05, 3.63) is 17.2 Å². The van der Waals surface area contributed by atoms with Gasteiger partial charge in [-0.2, -0.15) is 0 Å². The number of hydrogen-bond acceptors (Lipinski definition) is 2. The number of rotatable bonds is 4. The minimum atomic E-state index is 0.215. The number of imidazole rings is 1. The van der Waals surface area contributed by atoms with Gasteiger partial charge in [-0.3, -0.25) is 0 Å². The van der Waals surface area contributed by atoms with Crippen molar-refractivity contribution in [3.63, 3.8) is 0 Å². The van der Waals surface area contributed by atoms with Crippen molar-refractivity contribution in [1.82, 2.24) is 9.97 Å². The number of nitrogens with zero attached hydrogens (tertiary/aromatic N) is 1. The van der Waals surface area contributed by atoms with Gasteiger partial charge in [-0.25, -0.2) is 4.98 Å². The maximum atomic E-state index is 10.7. The van der Waals surface area contributed by atoms with Gasteiger partial charge in [0.05, 0.1) is 5.69 Å². The van der Waals surface area contributed by atoms with E-state index in [2.05, 4.69) is 16.9 Å². The molecule has 1 aromatic heterocycles. The Balaban J connectivity index is 2.62. The fraction of sp³-hybridized carbons (Fsp3) is 0.600. The van der Waals surface area contributed by atoms with Crippen LogP contribution in [-0.4, -0.2) is 15.8 Å². The summed E-state index contributed by atoms with van der Waals surface area (Å²) in [7, 11) is 0. The lowest BCUT2D eigenvalue weighted by Gasteiger charge is -1.91. The van der Waals surface area contributed by atoms with Crippen molar-refractivity contribution in [2.75, 3.05) is 0 Å². The van der Waals surface area contributed by atoms with E-state index < -0.39 is 0 Å². The molecule has 0 unspecified atom stereocenters. The van der Waals surface area contributed by atoms with Crippen LogP contribution in [0.25, 0.3) is 0 Å². The van der Waals surface area contributed by atoms with Crippen molar-refractivity contribution >= 4 is 5.78 Å². The number of Topliss-reactive ketones (excluding diaryl/α,β-unsaturated/α-hetero) is 1. The van der Waals surface area contributed by atoms with E-state index >= 15 is 0 Å². The Morgan fingerprint density at radius 3 is 2.69 bits per heavy atom. The SMILES string of the molecule is CCc1nc(CCC(C)=O)[nH]c1C. The minimum absolute atomic E-state index is 0.215. The average molecular weight is 180 g/mol. The van der Waals surface area contributed by atoms with Crippen LogP contribution in [0.4, 0.5) is 0 Å². The van der Waals surface area contributed by atoms with E-state index in [1.54, 1.807) is 6.92 Å². The van der Waals surface area contributed by atoms with Gasteiger partial charge in [-0.05, 0) is 20.3 Å². The van der Waals surface area contributed by atoms with Gasteiger partial charge >= 0.3 is 0 Å². The second-order valence-electron chi connectivity index (χ2n) is 3.31. The minimum Gasteiger partial charge on any atom is -0.346 e. The zero-order valence-electron chi connectivity index (χ0n) is 8.48. The standard InChI is InChI=1S/C10H16N2O/c1-4-9-8(3)11-10(12-9)6-5-7(2)13/h4-6H2,1-3H3,(H,11,12). The van der Waals surface area contributed by atoms with Gasteiger partial charge in [0.15, 0.2) is 0 Å². The first-order valence-corrected chi connectivity index (χ1v) is 4.67. The third-order valence-electron chi connectivity index (χ3n) is 2.08. The molecule has 0 aliphatic heterocycles. The first kappa shape index (κ1) is 9.96. The molecule has 72 valence electrons. The van der Waals surface area contributed by atoms with E-state index in [4.69, 9.17) is 0 Å². The summed E-state index contributed by atoms with van der Waals surface area (Å²) >= 11 is 0. The lowest BCUT2D eigenvalue weighted by atomic mass is 10.2. The number of aryl methyl sites for hydroxylation is 3. The summed E-state index contributed by atoms with van der Waals surface area (Å²) in [5, 5.41) is 0. The molecule has 1 heterocycles. The van der Waals surface area contributed by atoms with Crippen molar-refractivity contribution in [2.24, 2.45) is 0 Å². The summed E-state index contributed by atoms with van der Waals surface area (Å²) in [4.78, 5) is 18.3. The maximum absolute atomic E-state index is 10.7. The summed E-state index contributed by atoms with van der Waals surface area (Å²) in [6, 6.07) is 0. The molecule has 0 aliphatic carbocycles. The molecule has 0 fully saturated rings. The summed E-state index contributed by atoms with van der Waals surface area (Å²) in [5.41, 5.74) is 2.24. The highest BCUT2D eigenvalue weighted by molar-refractivity contribution is 5.75. The van der Waals surface area contributed by atoms with Crippen LogP contribution in [0.5, 0.6) is 0 Å². The van der Waals surface area contributed by atoms with Crippen molar-refractivity contribution in [1.29, 1.82) is 0 Å². The van der Waals surface area contributed by atoms with Crippen LogP contribution in [-0.2, 0) is 17.6 Å². The van der Waals surface area contributed by atoms with Gasteiger partial charge < -0.3 is 9.78 Å². The number of aromatic nitrogens is 2. The average Bonchev–Trinajstić information content (AvgIpc) is 2.43. The topological polar surface area (TPSA) is 45.8 Å². The Morgan fingerprint density at radius 2 is 2.23 bits per heavy atom. The van der Waals surface area contributed by atoms with Crippen molar-refractivity contribution in [3.8, 4) is 0 Å². The molecule has 1 N–H and O–H groups in total. The fourth-order valence-corrected chi connectivity index (χ4v) is 1.32. The molecule has 0 radical (unpaired) electrons. The Labute approximate surface area is 78.6 Å². The van der Waals surface area contributed by atoms with Gasteiger partial charge in [0.2, 0.25) is 0 Å². The second kappa shape index (κ2) is 4.21. The molecule has 0 saturated carbocycles. The van der Waals surface area contributed by atoms with E-state index in [0.717, 1.165) is 30.1 Å². The summed E-state index contributed by atoms with van der Waals surface area (Å²) in [5.74, 6) is 1.15. The quantitative estimate of drug-likeness (QED) is 0.768. The van der Waals surface area contributed by atoms with E-state index in [-0.39, 0.29) is 5.78 Å². The Bertz CT molecular complexity index is 302. The lowest BCUT2D eigenvalue weighted by Crippen LogP contribution is -1.95. The predicted octanol–water partition coefficient (Wildman–Crippen LogP) is 1.80. The third kappa shape index (κ3) is 2.68. The molecule has 13 heavy (non-hydrogen) atoms. The normalized spacial score (nSPS) is 10.4. The van der Waals surface area contributed by atoms with E-state index in [9.17, 15) is 4.79 Å². The van der Waals surface area contributed by atoms with Crippen LogP contribution in [0.2, 0.25) is 0 Å². The van der Waals surface area contributed by atoms with Gasteiger partial charge in [-0.1, -0.05) is 6.92 Å². The van der Waals surface area contributed by atoms with E-state index in [0.29, 0.717) is 6.42 Å². The predicted molar refractivity (Wildman–Crippen MR) is 51.7 cm³/mol. The highest BCUT2D eigenvalue weighted by Crippen LogP contribution is 2.07. The van der Waals surface area contributed by atoms with Gasteiger partial charge in [-0.15, -0.1) is 0 Å². The number of carbonyl (C=O) groups is 1. The molecule has 3 nitrogen and oxygen atoms in total. The highest BCUT2D eigenvalue weighted by atomic mass is 16.1. The van der Waals surface area contributed by atoms with Crippen LogP contribution in [0.3, 0.4) is 0 Å². The Kier molecular flexibility index (Phi) is 3.23. The van der Waals surface area contributed by atoms with Crippen LogP contribution in [0, 0.1) is 6.92 Å². The van der Waals surface area contributed by atoms with Crippen LogP contribution < -0.4 is 0 Å². The molecule has 1 rings (SSSR count). The smallest absolute Gasteiger partial charge is 0.130 e. The molecule has 1 aromatic rings. The number of carbonyl (C=O) groups excluding carboxylic acids is 1. The number of ketones is 1. The molecule has 0 bridgehead atoms. The van der Waals surface area contributed by atoms with Crippen molar-refractivity contribution < 1.29 is 4.79 Å². The van der Waals surface area contributed by atoms with Crippen LogP contribution in [0.1, 0.15) is 37.5 Å². The molecule has 0 aliphatic rings. The molecule has 0 saturated heterocycles. The molecule has 0 aromatic carbocycles. The molecular weight excluding hydrogens is 164 g/mol. The molecule has 3 heteroatoms. The summed E-state index contributed by atoms with van der Waals surface area (Å²) in [6.07, 6.45) is 2.26. The largest absolute Gasteiger partial charge is 0.346 e. The highest BCUT2D eigenvalue weighted by Gasteiger charge is 2.04. The first-order chi connectivity index (χ1) is 6.13. The van der Waals surface area contributed by atoms with E-state index in [1.807, 2.05) is 6.92 Å². The molecule has 0 amide bonds. The van der Waals surface area contributed by atoms with Gasteiger partial charge in [0, 0.05) is 18.5 Å². The number of aromatic amines is 1. The van der Waals surface area contributed by atoms with Gasteiger partial charge in [0.25, 0.3) is 0 Å². The zero-order valence-corrected chi connectivity index (χ0v) is 8.48. The fourth-order valence-electron chi connectivity index (χ4n) is 1.32. The second-order valence-corrected chi connectivity index (χ2v) is 3.31. The van der Waals surface area contributed by atoms with Gasteiger partial charge in [0.1, 0.15) is 11.6 Å². The summed E-state index contributed by atoms with van der Waals surface area (Å²) in [6.45, 7) is 5.71. The molecule has 0 spiro atoms. The monoisotopic (exact) mass is 180 g/mol. The number of hydrogen-bond donors (Lipinski definition) is 1. The molecular formula is C10H16N2O. The first-order valence-electron chi connectivity index (χ1n) is 4.67. The Morgan fingerprint density at radius 1 is 1.54 bits per heavy atom. The van der Waals surface area contributed by atoms with Crippen LogP contribution >= 0.6 is 0 Å². The Hall–Kier alpha value is -1.12. The van der Waals surface area contributed by atoms with E-state index in [1.165, 1.54) is 0 Å². The maximum Gasteiger partial charge on any atom is 0.130 e. The molecule has 0 atom stereocenters. The third-order valence-corrected chi connectivity index (χ3v) is 2.08. The van der Waals surface area contributed by atoms with Crippen molar-refractivity contribution in [2.45, 2.75) is 40.0 Å².